The standard InChI is InChI=1S/C15H22O5Si/c1-5-14(21(18-2,19-3)20-4)13-9-7-6-8-12(13)10-11-15(16)17/h6-11,14H,5H2,1-4H3,(H,16,17)/b11-10+. The molecule has 0 spiro atoms. The first-order valence-corrected chi connectivity index (χ1v) is 8.50. The second kappa shape index (κ2) is 8.09. The highest BCUT2D eigenvalue weighted by atomic mass is 28.4. The average Bonchev–Trinajstić information content (AvgIpc) is 2.51. The second-order valence-corrected chi connectivity index (χ2v) is 7.61. The molecule has 0 bridgehead atoms. The van der Waals surface area contributed by atoms with Gasteiger partial charge in [-0.15, -0.1) is 0 Å². The summed E-state index contributed by atoms with van der Waals surface area (Å²) < 4.78 is 16.7. The van der Waals surface area contributed by atoms with Crippen LogP contribution in [0.2, 0.25) is 0 Å². The van der Waals surface area contributed by atoms with Gasteiger partial charge >= 0.3 is 14.8 Å². The number of rotatable bonds is 8. The fourth-order valence-electron chi connectivity index (χ4n) is 2.48. The fraction of sp³-hybridized carbons (Fsp3) is 0.400. The van der Waals surface area contributed by atoms with Gasteiger partial charge in [-0.3, -0.25) is 0 Å². The summed E-state index contributed by atoms with van der Waals surface area (Å²) in [6, 6.07) is 7.61. The van der Waals surface area contributed by atoms with Gasteiger partial charge in [0.05, 0.1) is 5.54 Å². The van der Waals surface area contributed by atoms with Crippen molar-refractivity contribution in [1.29, 1.82) is 0 Å². The number of hydrogen-bond acceptors (Lipinski definition) is 4. The van der Waals surface area contributed by atoms with Gasteiger partial charge in [-0.25, -0.2) is 4.79 Å². The number of carbonyl (C=O) groups is 1. The summed E-state index contributed by atoms with van der Waals surface area (Å²) in [6.45, 7) is 2.03. The lowest BCUT2D eigenvalue weighted by Gasteiger charge is -2.32. The summed E-state index contributed by atoms with van der Waals surface area (Å²) in [5.74, 6) is -0.980. The summed E-state index contributed by atoms with van der Waals surface area (Å²) in [7, 11) is 1.89. The van der Waals surface area contributed by atoms with E-state index in [1.807, 2.05) is 31.2 Å². The third kappa shape index (κ3) is 4.01. The Morgan fingerprint density at radius 1 is 1.24 bits per heavy atom. The van der Waals surface area contributed by atoms with Crippen LogP contribution in [-0.2, 0) is 18.1 Å². The molecule has 0 aliphatic heterocycles. The van der Waals surface area contributed by atoms with Crippen LogP contribution in [0.1, 0.15) is 30.0 Å². The molecule has 6 heteroatoms. The van der Waals surface area contributed by atoms with E-state index in [1.54, 1.807) is 27.4 Å². The van der Waals surface area contributed by atoms with Crippen molar-refractivity contribution in [2.45, 2.75) is 18.9 Å². The van der Waals surface area contributed by atoms with Gasteiger partial charge in [0, 0.05) is 27.4 Å². The van der Waals surface area contributed by atoms with Crippen molar-refractivity contribution in [3.05, 3.63) is 41.5 Å². The van der Waals surface area contributed by atoms with Crippen molar-refractivity contribution in [2.75, 3.05) is 21.3 Å². The monoisotopic (exact) mass is 310 g/mol. The molecule has 1 aromatic carbocycles. The van der Waals surface area contributed by atoms with Crippen LogP contribution in [0.15, 0.2) is 30.3 Å². The minimum Gasteiger partial charge on any atom is -0.478 e. The molecular formula is C15H22O5Si. The van der Waals surface area contributed by atoms with E-state index in [0.29, 0.717) is 0 Å². The molecule has 21 heavy (non-hydrogen) atoms. The van der Waals surface area contributed by atoms with Crippen LogP contribution in [-0.4, -0.2) is 41.2 Å². The van der Waals surface area contributed by atoms with Crippen LogP contribution in [0.3, 0.4) is 0 Å². The molecule has 0 aromatic heterocycles. The number of hydrogen-bond donors (Lipinski definition) is 1. The lowest BCUT2D eigenvalue weighted by Crippen LogP contribution is -2.49. The Balaban J connectivity index is 3.31. The van der Waals surface area contributed by atoms with Crippen molar-refractivity contribution >= 4 is 20.8 Å². The molecule has 0 radical (unpaired) electrons. The zero-order valence-corrected chi connectivity index (χ0v) is 13.8. The van der Waals surface area contributed by atoms with Crippen LogP contribution < -0.4 is 0 Å². The summed E-state index contributed by atoms with van der Waals surface area (Å²) in [4.78, 5) is 10.7. The molecule has 1 unspecified atom stereocenters. The molecule has 0 aliphatic rings. The van der Waals surface area contributed by atoms with Gasteiger partial charge in [-0.2, -0.15) is 0 Å². The van der Waals surface area contributed by atoms with Crippen LogP contribution >= 0.6 is 0 Å². The van der Waals surface area contributed by atoms with E-state index in [1.165, 1.54) is 0 Å². The molecule has 1 N–H and O–H groups in total. The number of carboxylic acids is 1. The molecule has 0 saturated heterocycles. The van der Waals surface area contributed by atoms with E-state index in [0.717, 1.165) is 23.6 Å². The number of benzene rings is 1. The Kier molecular flexibility index (Phi) is 6.77. The van der Waals surface area contributed by atoms with E-state index in [-0.39, 0.29) is 5.54 Å². The van der Waals surface area contributed by atoms with Crippen LogP contribution in [0.25, 0.3) is 6.08 Å². The number of carboxylic acid groups (broad SMARTS) is 1. The molecule has 5 nitrogen and oxygen atoms in total. The molecule has 0 amide bonds. The lowest BCUT2D eigenvalue weighted by atomic mass is 10.0. The van der Waals surface area contributed by atoms with E-state index >= 15 is 0 Å². The normalized spacial score (nSPS) is 13.5. The minimum absolute atomic E-state index is 0.0628. The van der Waals surface area contributed by atoms with E-state index < -0.39 is 14.8 Å². The quantitative estimate of drug-likeness (QED) is 0.591. The molecule has 1 rings (SSSR count). The van der Waals surface area contributed by atoms with Crippen LogP contribution in [0.5, 0.6) is 0 Å². The predicted octanol–water partition coefficient (Wildman–Crippen LogP) is 2.70. The lowest BCUT2D eigenvalue weighted by molar-refractivity contribution is -0.131. The minimum atomic E-state index is -2.86. The molecule has 0 fully saturated rings. The molecule has 0 aliphatic carbocycles. The first kappa shape index (κ1) is 17.6. The first-order valence-electron chi connectivity index (χ1n) is 6.70. The highest BCUT2D eigenvalue weighted by Gasteiger charge is 2.47. The summed E-state index contributed by atoms with van der Waals surface area (Å²) in [6.07, 6.45) is 3.47. The van der Waals surface area contributed by atoms with Gasteiger partial charge in [-0.05, 0) is 23.6 Å². The van der Waals surface area contributed by atoms with Crippen LogP contribution in [0.4, 0.5) is 0 Å². The summed E-state index contributed by atoms with van der Waals surface area (Å²) in [5.41, 5.74) is 1.73. The van der Waals surface area contributed by atoms with Gasteiger partial charge in [0.2, 0.25) is 0 Å². The largest absolute Gasteiger partial charge is 0.508 e. The third-order valence-corrected chi connectivity index (χ3v) is 6.75. The fourth-order valence-corrected chi connectivity index (χ4v) is 4.98. The first-order chi connectivity index (χ1) is 10.0. The van der Waals surface area contributed by atoms with Gasteiger partial charge < -0.3 is 18.4 Å². The molecule has 1 aromatic rings. The van der Waals surface area contributed by atoms with E-state index in [9.17, 15) is 4.79 Å². The maximum absolute atomic E-state index is 10.7. The maximum atomic E-state index is 10.7. The predicted molar refractivity (Wildman–Crippen MR) is 82.9 cm³/mol. The molecule has 0 saturated carbocycles. The van der Waals surface area contributed by atoms with Crippen molar-refractivity contribution in [3.8, 4) is 0 Å². The highest BCUT2D eigenvalue weighted by molar-refractivity contribution is 6.62. The SMILES string of the molecule is CCC(c1ccccc1/C=C/C(=O)O)[Si](OC)(OC)OC. The Morgan fingerprint density at radius 3 is 2.29 bits per heavy atom. The zero-order valence-electron chi connectivity index (χ0n) is 12.8. The number of aliphatic carboxylic acids is 1. The van der Waals surface area contributed by atoms with Gasteiger partial charge in [0.15, 0.2) is 0 Å². The van der Waals surface area contributed by atoms with Crippen LogP contribution in [0, 0.1) is 0 Å². The molecular weight excluding hydrogens is 288 g/mol. The average molecular weight is 310 g/mol. The Labute approximate surface area is 126 Å². The highest BCUT2D eigenvalue weighted by Crippen LogP contribution is 2.34. The smallest absolute Gasteiger partial charge is 0.478 e. The summed E-state index contributed by atoms with van der Waals surface area (Å²) >= 11 is 0. The zero-order chi connectivity index (χ0) is 15.9. The Morgan fingerprint density at radius 2 is 1.81 bits per heavy atom. The Bertz CT molecular complexity index is 488. The maximum Gasteiger partial charge on any atom is 0.508 e. The van der Waals surface area contributed by atoms with Crippen molar-refractivity contribution < 1.29 is 23.2 Å². The van der Waals surface area contributed by atoms with Gasteiger partial charge in [-0.1, -0.05) is 31.2 Å². The van der Waals surface area contributed by atoms with E-state index in [2.05, 4.69) is 0 Å². The molecule has 0 heterocycles. The summed E-state index contributed by atoms with van der Waals surface area (Å²) in [5, 5.41) is 8.81. The van der Waals surface area contributed by atoms with Crippen molar-refractivity contribution in [1.82, 2.24) is 0 Å². The van der Waals surface area contributed by atoms with Gasteiger partial charge in [0.25, 0.3) is 0 Å². The van der Waals surface area contributed by atoms with Crippen molar-refractivity contribution in [2.24, 2.45) is 0 Å². The molecule has 116 valence electrons. The van der Waals surface area contributed by atoms with Crippen molar-refractivity contribution in [3.63, 3.8) is 0 Å². The van der Waals surface area contributed by atoms with E-state index in [4.69, 9.17) is 18.4 Å². The van der Waals surface area contributed by atoms with Gasteiger partial charge in [0.1, 0.15) is 0 Å². The third-order valence-electron chi connectivity index (χ3n) is 3.47. The Hall–Kier alpha value is -1.47. The second-order valence-electron chi connectivity index (χ2n) is 4.48. The topological polar surface area (TPSA) is 65.0 Å². The molecule has 1 atom stereocenters.